The van der Waals surface area contributed by atoms with Crippen molar-refractivity contribution in [2.75, 3.05) is 13.1 Å². The number of hydrogen-bond acceptors (Lipinski definition) is 2. The first-order valence-electron chi connectivity index (χ1n) is 5.79. The minimum atomic E-state index is -0.102. The van der Waals surface area contributed by atoms with E-state index in [0.717, 1.165) is 32.4 Å². The van der Waals surface area contributed by atoms with Crippen LogP contribution in [0.3, 0.4) is 0 Å². The van der Waals surface area contributed by atoms with Gasteiger partial charge in [-0.1, -0.05) is 30.3 Å². The molecule has 2 rings (SSSR count). The van der Waals surface area contributed by atoms with Gasteiger partial charge in [0.15, 0.2) is 0 Å². The average Bonchev–Trinajstić information content (AvgIpc) is 2.29. The fourth-order valence-corrected chi connectivity index (χ4v) is 2.20. The van der Waals surface area contributed by atoms with Gasteiger partial charge in [0.05, 0.1) is 6.10 Å². The lowest BCUT2D eigenvalue weighted by molar-refractivity contribution is 0.0747. The molecule has 2 unspecified atom stereocenters. The zero-order valence-electron chi connectivity index (χ0n) is 9.02. The van der Waals surface area contributed by atoms with Crippen LogP contribution in [0.1, 0.15) is 18.4 Å². The van der Waals surface area contributed by atoms with Gasteiger partial charge in [-0.2, -0.15) is 0 Å². The molecule has 2 nitrogen and oxygen atoms in total. The third kappa shape index (κ3) is 3.05. The Bertz CT molecular complexity index is 286. The van der Waals surface area contributed by atoms with Crippen LogP contribution in [-0.4, -0.2) is 24.3 Å². The molecule has 1 aliphatic rings. The Morgan fingerprint density at radius 2 is 2.07 bits per heavy atom. The Labute approximate surface area is 91.3 Å². The molecule has 1 aliphatic heterocycles. The van der Waals surface area contributed by atoms with Gasteiger partial charge in [-0.25, -0.2) is 0 Å². The summed E-state index contributed by atoms with van der Waals surface area (Å²) in [4.78, 5) is 0. The van der Waals surface area contributed by atoms with E-state index in [0.29, 0.717) is 5.92 Å². The molecule has 15 heavy (non-hydrogen) atoms. The molecule has 2 heteroatoms. The zero-order chi connectivity index (χ0) is 10.5. The van der Waals surface area contributed by atoms with E-state index in [1.807, 2.05) is 6.07 Å². The number of nitrogens with one attached hydrogen (secondary N) is 1. The molecule has 1 saturated heterocycles. The second-order valence-corrected chi connectivity index (χ2v) is 4.34. The van der Waals surface area contributed by atoms with E-state index in [-0.39, 0.29) is 6.10 Å². The normalized spacial score (nSPS) is 26.5. The molecule has 1 aromatic rings. The van der Waals surface area contributed by atoms with Crippen molar-refractivity contribution in [3.63, 3.8) is 0 Å². The van der Waals surface area contributed by atoms with Crippen LogP contribution >= 0.6 is 0 Å². The van der Waals surface area contributed by atoms with Gasteiger partial charge in [-0.05, 0) is 37.3 Å². The van der Waals surface area contributed by atoms with Gasteiger partial charge in [-0.3, -0.25) is 0 Å². The molecule has 0 spiro atoms. The topological polar surface area (TPSA) is 32.3 Å². The number of benzene rings is 1. The van der Waals surface area contributed by atoms with Gasteiger partial charge >= 0.3 is 0 Å². The van der Waals surface area contributed by atoms with Crippen LogP contribution in [0.15, 0.2) is 30.3 Å². The van der Waals surface area contributed by atoms with Crippen LogP contribution in [-0.2, 0) is 6.42 Å². The minimum absolute atomic E-state index is 0.102. The molecule has 1 fully saturated rings. The van der Waals surface area contributed by atoms with Crippen molar-refractivity contribution in [3.8, 4) is 0 Å². The van der Waals surface area contributed by atoms with Crippen molar-refractivity contribution < 1.29 is 5.11 Å². The summed E-state index contributed by atoms with van der Waals surface area (Å²) in [7, 11) is 0. The molecular formula is C13H19NO. The third-order valence-electron chi connectivity index (χ3n) is 3.21. The number of hydrogen-bond donors (Lipinski definition) is 2. The van der Waals surface area contributed by atoms with Crippen LogP contribution in [0.2, 0.25) is 0 Å². The summed E-state index contributed by atoms with van der Waals surface area (Å²) >= 11 is 0. The van der Waals surface area contributed by atoms with Gasteiger partial charge in [0.2, 0.25) is 0 Å². The molecule has 2 atom stereocenters. The average molecular weight is 205 g/mol. The Kier molecular flexibility index (Phi) is 3.75. The highest BCUT2D eigenvalue weighted by molar-refractivity contribution is 5.14. The standard InChI is InChI=1S/C13H19NO/c15-13-8-9-14-10-12(13)7-6-11-4-2-1-3-5-11/h1-5,12-15H,6-10H2. The highest BCUT2D eigenvalue weighted by atomic mass is 16.3. The molecule has 0 amide bonds. The van der Waals surface area contributed by atoms with Gasteiger partial charge in [0.1, 0.15) is 0 Å². The maximum atomic E-state index is 9.81. The first kappa shape index (κ1) is 10.7. The van der Waals surface area contributed by atoms with E-state index in [1.165, 1.54) is 5.56 Å². The SMILES string of the molecule is OC1CCNCC1CCc1ccccc1. The second-order valence-electron chi connectivity index (χ2n) is 4.34. The maximum absolute atomic E-state index is 9.81. The Morgan fingerprint density at radius 1 is 1.27 bits per heavy atom. The second kappa shape index (κ2) is 5.29. The Hall–Kier alpha value is -0.860. The molecule has 2 N–H and O–H groups in total. The lowest BCUT2D eigenvalue weighted by atomic mass is 9.90. The van der Waals surface area contributed by atoms with E-state index in [1.54, 1.807) is 0 Å². The van der Waals surface area contributed by atoms with E-state index in [2.05, 4.69) is 29.6 Å². The van der Waals surface area contributed by atoms with E-state index in [9.17, 15) is 5.11 Å². The molecule has 1 aromatic carbocycles. The first-order valence-corrected chi connectivity index (χ1v) is 5.79. The fourth-order valence-electron chi connectivity index (χ4n) is 2.20. The monoisotopic (exact) mass is 205 g/mol. The van der Waals surface area contributed by atoms with Crippen LogP contribution < -0.4 is 5.32 Å². The highest BCUT2D eigenvalue weighted by Gasteiger charge is 2.21. The van der Waals surface area contributed by atoms with Crippen molar-refractivity contribution in [3.05, 3.63) is 35.9 Å². The largest absolute Gasteiger partial charge is 0.393 e. The zero-order valence-corrected chi connectivity index (χ0v) is 9.02. The van der Waals surface area contributed by atoms with E-state index in [4.69, 9.17) is 0 Å². The van der Waals surface area contributed by atoms with Gasteiger partial charge in [-0.15, -0.1) is 0 Å². The molecule has 0 aromatic heterocycles. The summed E-state index contributed by atoms with van der Waals surface area (Å²) in [5.74, 6) is 0.430. The van der Waals surface area contributed by atoms with Gasteiger partial charge in [0.25, 0.3) is 0 Å². The van der Waals surface area contributed by atoms with E-state index < -0.39 is 0 Å². The summed E-state index contributed by atoms with van der Waals surface area (Å²) < 4.78 is 0. The highest BCUT2D eigenvalue weighted by Crippen LogP contribution is 2.17. The summed E-state index contributed by atoms with van der Waals surface area (Å²) in [6, 6.07) is 10.5. The maximum Gasteiger partial charge on any atom is 0.0592 e. The molecule has 1 heterocycles. The molecule has 0 aliphatic carbocycles. The summed E-state index contributed by atoms with van der Waals surface area (Å²) in [6.45, 7) is 1.93. The minimum Gasteiger partial charge on any atom is -0.393 e. The third-order valence-corrected chi connectivity index (χ3v) is 3.21. The predicted octanol–water partition coefficient (Wildman–Crippen LogP) is 1.59. The van der Waals surface area contributed by atoms with Crippen molar-refractivity contribution in [2.24, 2.45) is 5.92 Å². The van der Waals surface area contributed by atoms with Crippen LogP contribution in [0.5, 0.6) is 0 Å². The molecule has 0 saturated carbocycles. The Morgan fingerprint density at radius 3 is 2.80 bits per heavy atom. The van der Waals surface area contributed by atoms with Gasteiger partial charge < -0.3 is 10.4 Å². The number of aryl methyl sites for hydroxylation is 1. The summed E-state index contributed by atoms with van der Waals surface area (Å²) in [5, 5.41) is 13.1. The number of aliphatic hydroxyl groups excluding tert-OH is 1. The molecule has 0 radical (unpaired) electrons. The molecule has 0 bridgehead atoms. The van der Waals surface area contributed by atoms with Crippen LogP contribution in [0, 0.1) is 5.92 Å². The smallest absolute Gasteiger partial charge is 0.0592 e. The molecular weight excluding hydrogens is 186 g/mol. The van der Waals surface area contributed by atoms with Gasteiger partial charge in [0, 0.05) is 6.54 Å². The first-order chi connectivity index (χ1) is 7.36. The van der Waals surface area contributed by atoms with Crippen molar-refractivity contribution in [2.45, 2.75) is 25.4 Å². The number of piperidine rings is 1. The van der Waals surface area contributed by atoms with E-state index >= 15 is 0 Å². The number of rotatable bonds is 3. The predicted molar refractivity (Wildman–Crippen MR) is 61.7 cm³/mol. The lowest BCUT2D eigenvalue weighted by Crippen LogP contribution is -2.40. The van der Waals surface area contributed by atoms with Crippen molar-refractivity contribution in [1.29, 1.82) is 0 Å². The summed E-state index contributed by atoms with van der Waals surface area (Å²) in [5.41, 5.74) is 1.37. The quantitative estimate of drug-likeness (QED) is 0.785. The van der Waals surface area contributed by atoms with Crippen LogP contribution in [0.25, 0.3) is 0 Å². The van der Waals surface area contributed by atoms with Crippen molar-refractivity contribution >= 4 is 0 Å². The Balaban J connectivity index is 1.82. The fraction of sp³-hybridized carbons (Fsp3) is 0.538. The summed E-state index contributed by atoms with van der Waals surface area (Å²) in [6.07, 6.45) is 2.96. The van der Waals surface area contributed by atoms with Crippen molar-refractivity contribution in [1.82, 2.24) is 5.32 Å². The van der Waals surface area contributed by atoms with Crippen LogP contribution in [0.4, 0.5) is 0 Å². The molecule has 82 valence electrons. The number of aliphatic hydroxyl groups is 1. The lowest BCUT2D eigenvalue weighted by Gasteiger charge is -2.28.